The Balaban J connectivity index is 1.85. The SMILES string of the molecule is CCOC(=O)c1cnc2ccc(-c3cn(SF)nc3-c3ccc(F)cc3)cn12. The zero-order chi connectivity index (χ0) is 19.7. The highest BCUT2D eigenvalue weighted by Crippen LogP contribution is 2.33. The number of nitrogens with zero attached hydrogens (tertiary/aromatic N) is 4. The summed E-state index contributed by atoms with van der Waals surface area (Å²) < 4.78 is 34.2. The first-order chi connectivity index (χ1) is 13.6. The van der Waals surface area contributed by atoms with E-state index in [0.29, 0.717) is 28.0 Å². The molecule has 0 fully saturated rings. The molecule has 9 heteroatoms. The second-order valence-electron chi connectivity index (χ2n) is 5.88. The van der Waals surface area contributed by atoms with E-state index in [0.717, 1.165) is 4.09 Å². The summed E-state index contributed by atoms with van der Waals surface area (Å²) in [5.74, 6) is -0.857. The van der Waals surface area contributed by atoms with Crippen LogP contribution in [-0.4, -0.2) is 31.1 Å². The van der Waals surface area contributed by atoms with Gasteiger partial charge in [0.1, 0.15) is 17.2 Å². The zero-order valence-corrected chi connectivity index (χ0v) is 15.5. The second kappa shape index (κ2) is 7.43. The Morgan fingerprint density at radius 1 is 1.14 bits per heavy atom. The maximum absolute atomic E-state index is 13.3. The van der Waals surface area contributed by atoms with Gasteiger partial charge >= 0.3 is 5.97 Å². The van der Waals surface area contributed by atoms with Gasteiger partial charge in [0.15, 0.2) is 18.0 Å². The Morgan fingerprint density at radius 2 is 1.89 bits per heavy atom. The first-order valence-electron chi connectivity index (χ1n) is 8.40. The number of esters is 1. The fourth-order valence-corrected chi connectivity index (χ4v) is 3.17. The predicted molar refractivity (Wildman–Crippen MR) is 102 cm³/mol. The lowest BCUT2D eigenvalue weighted by Gasteiger charge is -2.06. The van der Waals surface area contributed by atoms with E-state index >= 15 is 0 Å². The van der Waals surface area contributed by atoms with E-state index in [2.05, 4.69) is 10.1 Å². The van der Waals surface area contributed by atoms with E-state index in [1.807, 2.05) is 0 Å². The lowest BCUT2D eigenvalue weighted by Crippen LogP contribution is -2.07. The Kier molecular flexibility index (Phi) is 4.82. The highest BCUT2D eigenvalue weighted by Gasteiger charge is 2.17. The van der Waals surface area contributed by atoms with Crippen molar-refractivity contribution in [2.75, 3.05) is 6.61 Å². The average Bonchev–Trinajstić information content (AvgIpc) is 3.32. The molecule has 0 amide bonds. The molecule has 3 aromatic heterocycles. The minimum Gasteiger partial charge on any atom is -0.461 e. The van der Waals surface area contributed by atoms with Crippen LogP contribution in [-0.2, 0) is 4.74 Å². The van der Waals surface area contributed by atoms with Gasteiger partial charge in [-0.2, -0.15) is 9.19 Å². The van der Waals surface area contributed by atoms with Crippen molar-refractivity contribution in [2.45, 2.75) is 6.92 Å². The van der Waals surface area contributed by atoms with Crippen molar-refractivity contribution in [3.05, 3.63) is 66.5 Å². The number of aromatic nitrogens is 4. The van der Waals surface area contributed by atoms with Crippen LogP contribution >= 0.6 is 12.3 Å². The van der Waals surface area contributed by atoms with Crippen molar-refractivity contribution in [3.8, 4) is 22.4 Å². The van der Waals surface area contributed by atoms with Gasteiger partial charge in [-0.3, -0.25) is 4.40 Å². The summed E-state index contributed by atoms with van der Waals surface area (Å²) in [4.78, 5) is 16.4. The lowest BCUT2D eigenvalue weighted by atomic mass is 10.0. The average molecular weight is 400 g/mol. The van der Waals surface area contributed by atoms with E-state index in [1.54, 1.807) is 41.8 Å². The Labute approximate surface area is 163 Å². The van der Waals surface area contributed by atoms with Crippen LogP contribution in [0.3, 0.4) is 0 Å². The molecule has 0 aliphatic carbocycles. The van der Waals surface area contributed by atoms with Gasteiger partial charge in [0.2, 0.25) is 0 Å². The van der Waals surface area contributed by atoms with Crippen molar-refractivity contribution in [1.82, 2.24) is 18.6 Å². The van der Waals surface area contributed by atoms with Gasteiger partial charge in [0.25, 0.3) is 0 Å². The van der Waals surface area contributed by atoms with E-state index in [1.165, 1.54) is 24.5 Å². The second-order valence-corrected chi connectivity index (χ2v) is 6.39. The molecule has 28 heavy (non-hydrogen) atoms. The van der Waals surface area contributed by atoms with Crippen LogP contribution < -0.4 is 0 Å². The van der Waals surface area contributed by atoms with Crippen LogP contribution in [0.5, 0.6) is 0 Å². The molecular formula is C19H14F2N4O2S. The standard InChI is InChI=1S/C19H14F2N4O2S/c1-2-27-19(26)16-9-22-17-8-5-13(10-24(16)17)15-11-25(28-21)23-18(15)12-3-6-14(20)7-4-12/h3-11H,2H2,1H3. The Hall–Kier alpha value is -3.20. The fourth-order valence-electron chi connectivity index (χ4n) is 2.92. The summed E-state index contributed by atoms with van der Waals surface area (Å²) in [6.45, 7) is 1.98. The first kappa shape index (κ1) is 18.2. The van der Waals surface area contributed by atoms with Crippen LogP contribution in [0.1, 0.15) is 17.4 Å². The maximum atomic E-state index is 13.3. The summed E-state index contributed by atoms with van der Waals surface area (Å²) in [5.41, 5.74) is 3.30. The van der Waals surface area contributed by atoms with Crippen molar-refractivity contribution >= 4 is 24.0 Å². The van der Waals surface area contributed by atoms with Crippen molar-refractivity contribution in [2.24, 2.45) is 0 Å². The summed E-state index contributed by atoms with van der Waals surface area (Å²) in [5, 5.41) is 4.23. The summed E-state index contributed by atoms with van der Waals surface area (Å²) in [7, 11) is 0. The highest BCUT2D eigenvalue weighted by molar-refractivity contribution is 7.92. The third-order valence-electron chi connectivity index (χ3n) is 4.18. The topological polar surface area (TPSA) is 61.4 Å². The van der Waals surface area contributed by atoms with Gasteiger partial charge in [0, 0.05) is 29.1 Å². The molecule has 0 radical (unpaired) electrons. The molecule has 0 saturated heterocycles. The van der Waals surface area contributed by atoms with Gasteiger partial charge in [-0.15, -0.1) is 3.89 Å². The van der Waals surface area contributed by atoms with Crippen molar-refractivity contribution in [3.63, 3.8) is 0 Å². The number of carbonyl (C=O) groups is 1. The minimum absolute atomic E-state index is 0.0456. The number of hydrogen-bond acceptors (Lipinski definition) is 5. The molecule has 1 aromatic carbocycles. The largest absolute Gasteiger partial charge is 0.461 e. The summed E-state index contributed by atoms with van der Waals surface area (Å²) in [6, 6.07) is 9.33. The predicted octanol–water partition coefficient (Wildman–Crippen LogP) is 4.56. The number of benzene rings is 1. The van der Waals surface area contributed by atoms with Crippen molar-refractivity contribution in [1.29, 1.82) is 0 Å². The van der Waals surface area contributed by atoms with Crippen LogP contribution in [0.2, 0.25) is 0 Å². The molecule has 4 aromatic rings. The highest BCUT2D eigenvalue weighted by atomic mass is 32.2. The zero-order valence-electron chi connectivity index (χ0n) is 14.7. The monoisotopic (exact) mass is 400 g/mol. The quantitative estimate of drug-likeness (QED) is 0.460. The van der Waals surface area contributed by atoms with E-state index in [9.17, 15) is 13.1 Å². The number of carbonyl (C=O) groups excluding carboxylic acids is 1. The number of rotatable bonds is 5. The molecule has 0 saturated carbocycles. The molecule has 0 spiro atoms. The summed E-state index contributed by atoms with van der Waals surface area (Å²) >= 11 is -0.0456. The number of fused-ring (bicyclic) bond motifs is 1. The third-order valence-corrected chi connectivity index (χ3v) is 4.51. The molecule has 4 rings (SSSR count). The Morgan fingerprint density at radius 3 is 2.61 bits per heavy atom. The van der Waals surface area contributed by atoms with Gasteiger partial charge in [0.05, 0.1) is 12.8 Å². The Bertz CT molecular complexity index is 1150. The fraction of sp³-hybridized carbons (Fsp3) is 0.105. The van der Waals surface area contributed by atoms with Gasteiger partial charge in [-0.05, 0) is 43.3 Å². The minimum atomic E-state index is -0.485. The number of hydrogen-bond donors (Lipinski definition) is 0. The molecule has 0 unspecified atom stereocenters. The van der Waals surface area contributed by atoms with E-state index < -0.39 is 5.97 Å². The molecule has 0 atom stereocenters. The van der Waals surface area contributed by atoms with Gasteiger partial charge in [-0.25, -0.2) is 14.2 Å². The number of pyridine rings is 1. The molecule has 0 aliphatic heterocycles. The van der Waals surface area contributed by atoms with Crippen LogP contribution in [0.4, 0.5) is 8.28 Å². The maximum Gasteiger partial charge on any atom is 0.356 e. The lowest BCUT2D eigenvalue weighted by molar-refractivity contribution is 0.0518. The first-order valence-corrected chi connectivity index (χ1v) is 9.07. The van der Waals surface area contributed by atoms with E-state index in [-0.39, 0.29) is 30.5 Å². The van der Waals surface area contributed by atoms with Gasteiger partial charge < -0.3 is 4.74 Å². The molecule has 0 bridgehead atoms. The number of halogens is 2. The summed E-state index contributed by atoms with van der Waals surface area (Å²) in [6.07, 6.45) is 4.69. The molecule has 0 N–H and O–H groups in total. The molecule has 6 nitrogen and oxygen atoms in total. The van der Waals surface area contributed by atoms with Gasteiger partial charge in [-0.1, -0.05) is 0 Å². The number of ether oxygens (including phenoxy) is 1. The van der Waals surface area contributed by atoms with Crippen LogP contribution in [0.15, 0.2) is 55.0 Å². The van der Waals surface area contributed by atoms with Crippen LogP contribution in [0, 0.1) is 5.82 Å². The third kappa shape index (κ3) is 3.24. The molecule has 3 heterocycles. The van der Waals surface area contributed by atoms with Crippen molar-refractivity contribution < 1.29 is 17.8 Å². The van der Waals surface area contributed by atoms with Crippen LogP contribution in [0.25, 0.3) is 28.0 Å². The number of imidazole rings is 1. The van der Waals surface area contributed by atoms with E-state index in [4.69, 9.17) is 4.74 Å². The molecular weight excluding hydrogens is 386 g/mol. The molecule has 0 aliphatic rings. The molecule has 142 valence electrons. The normalized spacial score (nSPS) is 11.1. The smallest absolute Gasteiger partial charge is 0.356 e.